The van der Waals surface area contributed by atoms with E-state index in [1.807, 2.05) is 0 Å². The fourth-order valence-electron chi connectivity index (χ4n) is 1.82. The molecule has 0 amide bonds. The van der Waals surface area contributed by atoms with Gasteiger partial charge in [0, 0.05) is 12.5 Å². The Kier molecular flexibility index (Phi) is 3.95. The van der Waals surface area contributed by atoms with E-state index in [1.54, 1.807) is 25.1 Å². The van der Waals surface area contributed by atoms with Gasteiger partial charge in [-0.05, 0) is 36.8 Å². The molecule has 0 saturated carbocycles. The molecule has 0 aliphatic rings. The quantitative estimate of drug-likeness (QED) is 0.662. The summed E-state index contributed by atoms with van der Waals surface area (Å²) < 4.78 is 28.7. The molecule has 0 bridgehead atoms. The highest BCUT2D eigenvalue weighted by atomic mass is 32.2. The fourth-order valence-corrected chi connectivity index (χ4v) is 2.47. The summed E-state index contributed by atoms with van der Waals surface area (Å²) >= 11 is 0. The maximum absolute atomic E-state index is 11.5. The van der Waals surface area contributed by atoms with Gasteiger partial charge in [0.25, 0.3) is 0 Å². The number of nitrogen functional groups attached to an aromatic ring is 1. The van der Waals surface area contributed by atoms with Crippen molar-refractivity contribution in [1.82, 2.24) is 4.98 Å². The molecule has 0 saturated heterocycles. The van der Waals surface area contributed by atoms with Crippen LogP contribution in [0.15, 0.2) is 41.4 Å². The number of aromatic nitrogens is 1. The van der Waals surface area contributed by atoms with E-state index in [-0.39, 0.29) is 16.6 Å². The summed E-state index contributed by atoms with van der Waals surface area (Å²) in [6.45, 7) is 1.79. The van der Waals surface area contributed by atoms with Crippen LogP contribution >= 0.6 is 0 Å². The molecule has 2 rings (SSSR count). The topological polar surface area (TPSA) is 106 Å². The maximum atomic E-state index is 11.5. The van der Waals surface area contributed by atoms with E-state index in [2.05, 4.69) is 4.98 Å². The first kappa shape index (κ1) is 15.0. The number of nitrogens with one attached hydrogen (secondary N) is 1. The number of amidine groups is 1. The molecule has 6 nitrogen and oxygen atoms in total. The zero-order valence-electron chi connectivity index (χ0n) is 11.6. The zero-order chi connectivity index (χ0) is 15.6. The minimum atomic E-state index is -3.32. The lowest BCUT2D eigenvalue weighted by molar-refractivity contribution is 0.459. The van der Waals surface area contributed by atoms with E-state index in [4.69, 9.17) is 15.9 Å². The highest BCUT2D eigenvalue weighted by molar-refractivity contribution is 7.90. The summed E-state index contributed by atoms with van der Waals surface area (Å²) in [6.07, 6.45) is 2.66. The lowest BCUT2D eigenvalue weighted by Crippen LogP contribution is -2.14. The highest BCUT2D eigenvalue weighted by Crippen LogP contribution is 2.26. The maximum Gasteiger partial charge on any atom is 0.230 e. The standard InChI is InChI=1S/C14H15N3O3S/c1-9-6-7-17-14(12(9)13(15)16)20-10-4-3-5-11(8-10)21(2,18)19/h3-8H,1-2H3,(H3,15,16). The van der Waals surface area contributed by atoms with E-state index >= 15 is 0 Å². The molecule has 0 aliphatic carbocycles. The minimum Gasteiger partial charge on any atom is -0.438 e. The Bertz CT molecular complexity index is 801. The first-order valence-electron chi connectivity index (χ1n) is 6.07. The molecule has 3 N–H and O–H groups in total. The Morgan fingerprint density at radius 1 is 1.33 bits per heavy atom. The number of aryl methyl sites for hydroxylation is 1. The molecular weight excluding hydrogens is 290 g/mol. The average molecular weight is 305 g/mol. The second-order valence-corrected chi connectivity index (χ2v) is 6.59. The van der Waals surface area contributed by atoms with Crippen molar-refractivity contribution in [1.29, 1.82) is 5.41 Å². The fraction of sp³-hybridized carbons (Fsp3) is 0.143. The van der Waals surface area contributed by atoms with Crippen molar-refractivity contribution in [2.24, 2.45) is 5.73 Å². The number of ether oxygens (including phenoxy) is 1. The summed E-state index contributed by atoms with van der Waals surface area (Å²) in [4.78, 5) is 4.21. The van der Waals surface area contributed by atoms with Crippen LogP contribution in [0.5, 0.6) is 11.6 Å². The van der Waals surface area contributed by atoms with Gasteiger partial charge in [0.2, 0.25) is 5.88 Å². The minimum absolute atomic E-state index is 0.150. The molecule has 21 heavy (non-hydrogen) atoms. The molecule has 0 unspecified atom stereocenters. The lowest BCUT2D eigenvalue weighted by Gasteiger charge is -2.11. The van der Waals surface area contributed by atoms with Gasteiger partial charge in [-0.15, -0.1) is 0 Å². The van der Waals surface area contributed by atoms with Crippen LogP contribution in [0, 0.1) is 12.3 Å². The van der Waals surface area contributed by atoms with E-state index in [0.717, 1.165) is 11.8 Å². The van der Waals surface area contributed by atoms with Crippen molar-refractivity contribution in [2.75, 3.05) is 6.26 Å². The molecule has 110 valence electrons. The Hall–Kier alpha value is -2.41. The monoisotopic (exact) mass is 305 g/mol. The van der Waals surface area contributed by atoms with Gasteiger partial charge in [0.05, 0.1) is 10.5 Å². The van der Waals surface area contributed by atoms with Crippen molar-refractivity contribution in [3.8, 4) is 11.6 Å². The SMILES string of the molecule is Cc1ccnc(Oc2cccc(S(C)(=O)=O)c2)c1C(=N)N. The van der Waals surface area contributed by atoms with Crippen LogP contribution in [-0.2, 0) is 9.84 Å². The second-order valence-electron chi connectivity index (χ2n) is 4.57. The molecule has 1 aromatic heterocycles. The zero-order valence-corrected chi connectivity index (χ0v) is 12.4. The summed E-state index contributed by atoms with van der Waals surface area (Å²) in [5.74, 6) is 0.335. The molecule has 0 radical (unpaired) electrons. The van der Waals surface area contributed by atoms with Crippen molar-refractivity contribution in [3.05, 3.63) is 47.7 Å². The molecule has 0 aliphatic heterocycles. The second kappa shape index (κ2) is 5.53. The van der Waals surface area contributed by atoms with Gasteiger partial charge in [-0.25, -0.2) is 13.4 Å². The van der Waals surface area contributed by atoms with Gasteiger partial charge >= 0.3 is 0 Å². The van der Waals surface area contributed by atoms with E-state index in [0.29, 0.717) is 11.3 Å². The van der Waals surface area contributed by atoms with Gasteiger partial charge in [0.15, 0.2) is 9.84 Å². The van der Waals surface area contributed by atoms with Gasteiger partial charge in [-0.1, -0.05) is 6.07 Å². The van der Waals surface area contributed by atoms with Crippen LogP contribution in [0.2, 0.25) is 0 Å². The Balaban J connectivity index is 2.44. The van der Waals surface area contributed by atoms with Crippen molar-refractivity contribution >= 4 is 15.7 Å². The van der Waals surface area contributed by atoms with Crippen LogP contribution < -0.4 is 10.5 Å². The smallest absolute Gasteiger partial charge is 0.230 e. The first-order chi connectivity index (χ1) is 9.79. The molecule has 0 atom stereocenters. The Labute approximate surface area is 123 Å². The summed E-state index contributed by atoms with van der Waals surface area (Å²) in [7, 11) is -3.32. The number of nitrogens with zero attached hydrogens (tertiary/aromatic N) is 1. The largest absolute Gasteiger partial charge is 0.438 e. The number of hydrogen-bond acceptors (Lipinski definition) is 5. The number of sulfone groups is 1. The Morgan fingerprint density at radius 2 is 2.05 bits per heavy atom. The van der Waals surface area contributed by atoms with Crippen LogP contribution in [0.25, 0.3) is 0 Å². The molecule has 2 aromatic rings. The van der Waals surface area contributed by atoms with E-state index in [9.17, 15) is 8.42 Å². The van der Waals surface area contributed by atoms with Crippen molar-refractivity contribution < 1.29 is 13.2 Å². The molecule has 0 spiro atoms. The highest BCUT2D eigenvalue weighted by Gasteiger charge is 2.14. The van der Waals surface area contributed by atoms with E-state index < -0.39 is 9.84 Å². The number of benzene rings is 1. The van der Waals surface area contributed by atoms with Crippen molar-refractivity contribution in [3.63, 3.8) is 0 Å². The first-order valence-corrected chi connectivity index (χ1v) is 7.96. The molecule has 1 heterocycles. The molecule has 7 heteroatoms. The molecule has 1 aromatic carbocycles. The van der Waals surface area contributed by atoms with Gasteiger partial charge in [-0.2, -0.15) is 0 Å². The van der Waals surface area contributed by atoms with Crippen LogP contribution in [0.4, 0.5) is 0 Å². The summed E-state index contributed by atoms with van der Waals surface area (Å²) in [5, 5.41) is 7.59. The third-order valence-corrected chi connectivity index (χ3v) is 3.95. The predicted octanol–water partition coefficient (Wildman–Crippen LogP) is 1.87. The normalized spacial score (nSPS) is 11.1. The van der Waals surface area contributed by atoms with Crippen LogP contribution in [0.3, 0.4) is 0 Å². The lowest BCUT2D eigenvalue weighted by atomic mass is 10.1. The molecule has 0 fully saturated rings. The predicted molar refractivity (Wildman–Crippen MR) is 79.6 cm³/mol. The number of rotatable bonds is 4. The van der Waals surface area contributed by atoms with Gasteiger partial charge in [-0.3, -0.25) is 5.41 Å². The third kappa shape index (κ3) is 3.38. The van der Waals surface area contributed by atoms with Gasteiger partial charge < -0.3 is 10.5 Å². The van der Waals surface area contributed by atoms with Crippen LogP contribution in [-0.4, -0.2) is 25.5 Å². The summed E-state index contributed by atoms with van der Waals surface area (Å²) in [6, 6.07) is 7.80. The van der Waals surface area contributed by atoms with E-state index in [1.165, 1.54) is 18.3 Å². The number of pyridine rings is 1. The average Bonchev–Trinajstić information content (AvgIpc) is 2.37. The van der Waals surface area contributed by atoms with Crippen molar-refractivity contribution in [2.45, 2.75) is 11.8 Å². The Morgan fingerprint density at radius 3 is 2.67 bits per heavy atom. The molecular formula is C14H15N3O3S. The van der Waals surface area contributed by atoms with Gasteiger partial charge in [0.1, 0.15) is 11.6 Å². The third-order valence-electron chi connectivity index (χ3n) is 2.84. The number of nitrogens with two attached hydrogens (primary N) is 1. The summed E-state index contributed by atoms with van der Waals surface area (Å²) in [5.41, 5.74) is 6.68. The van der Waals surface area contributed by atoms with Crippen LogP contribution in [0.1, 0.15) is 11.1 Å². The number of hydrogen-bond donors (Lipinski definition) is 2.